The van der Waals surface area contributed by atoms with Crippen LogP contribution < -0.4 is 14.8 Å². The summed E-state index contributed by atoms with van der Waals surface area (Å²) in [5, 5.41) is 3.27. The zero-order chi connectivity index (χ0) is 15.7. The summed E-state index contributed by atoms with van der Waals surface area (Å²) >= 11 is 3.50. The molecule has 0 aliphatic carbocycles. The zero-order valence-electron chi connectivity index (χ0n) is 12.7. The molecule has 0 fully saturated rings. The summed E-state index contributed by atoms with van der Waals surface area (Å²) in [4.78, 5) is 11.0. The summed E-state index contributed by atoms with van der Waals surface area (Å²) in [5.74, 6) is 1.10. The average molecular weight is 360 g/mol. The lowest BCUT2D eigenvalue weighted by atomic mass is 10.2. The van der Waals surface area contributed by atoms with Gasteiger partial charge in [0.15, 0.2) is 11.5 Å². The molecule has 1 rings (SSSR count). The second-order valence-electron chi connectivity index (χ2n) is 4.42. The molecule has 1 N–H and O–H groups in total. The van der Waals surface area contributed by atoms with E-state index in [9.17, 15) is 4.79 Å². The Bertz CT molecular complexity index is 465. The molecule has 0 atom stereocenters. The van der Waals surface area contributed by atoms with Crippen LogP contribution in [0.2, 0.25) is 0 Å². The van der Waals surface area contributed by atoms with Crippen LogP contribution in [0.4, 0.5) is 0 Å². The fourth-order valence-corrected chi connectivity index (χ4v) is 2.38. The Hall–Kier alpha value is -1.27. The molecule has 118 valence electrons. The Kier molecular flexibility index (Phi) is 8.15. The standard InChI is InChI=1S/C15H22BrNO4/c1-4-17-10-11-8-12(16)15(13(9-11)19-2)21-7-5-6-14(18)20-3/h8-9,17H,4-7,10H2,1-3H3. The topological polar surface area (TPSA) is 56.8 Å². The molecular weight excluding hydrogens is 338 g/mol. The lowest BCUT2D eigenvalue weighted by Crippen LogP contribution is -2.12. The molecule has 0 radical (unpaired) electrons. The fourth-order valence-electron chi connectivity index (χ4n) is 1.78. The first-order chi connectivity index (χ1) is 10.1. The maximum absolute atomic E-state index is 11.0. The molecule has 0 bridgehead atoms. The van der Waals surface area contributed by atoms with Crippen molar-refractivity contribution >= 4 is 21.9 Å². The largest absolute Gasteiger partial charge is 0.493 e. The number of hydrogen-bond acceptors (Lipinski definition) is 5. The number of halogens is 1. The van der Waals surface area contributed by atoms with E-state index in [1.807, 2.05) is 12.1 Å². The van der Waals surface area contributed by atoms with E-state index in [1.165, 1.54) is 7.11 Å². The third-order valence-corrected chi connectivity index (χ3v) is 3.46. The first kappa shape index (κ1) is 17.8. The van der Waals surface area contributed by atoms with Crippen molar-refractivity contribution in [3.8, 4) is 11.5 Å². The number of carbonyl (C=O) groups excluding carboxylic acids is 1. The van der Waals surface area contributed by atoms with Crippen LogP contribution in [0.1, 0.15) is 25.3 Å². The van der Waals surface area contributed by atoms with Crippen LogP contribution in [0.5, 0.6) is 11.5 Å². The minimum Gasteiger partial charge on any atom is -0.493 e. The summed E-state index contributed by atoms with van der Waals surface area (Å²) in [6, 6.07) is 3.95. The average Bonchev–Trinajstić information content (AvgIpc) is 2.49. The van der Waals surface area contributed by atoms with Crippen LogP contribution in [0, 0.1) is 0 Å². The number of rotatable bonds is 9. The quantitative estimate of drug-likeness (QED) is 0.542. The minimum atomic E-state index is -0.231. The number of nitrogens with one attached hydrogen (secondary N) is 1. The molecule has 0 spiro atoms. The molecular formula is C15H22BrNO4. The molecule has 6 heteroatoms. The molecule has 5 nitrogen and oxygen atoms in total. The van der Waals surface area contributed by atoms with Crippen molar-refractivity contribution in [2.45, 2.75) is 26.3 Å². The van der Waals surface area contributed by atoms with Gasteiger partial charge >= 0.3 is 5.97 Å². The number of benzene rings is 1. The third kappa shape index (κ3) is 5.93. The van der Waals surface area contributed by atoms with Gasteiger partial charge in [0.25, 0.3) is 0 Å². The van der Waals surface area contributed by atoms with Gasteiger partial charge < -0.3 is 19.5 Å². The van der Waals surface area contributed by atoms with E-state index in [1.54, 1.807) is 7.11 Å². The van der Waals surface area contributed by atoms with Crippen LogP contribution in [0.25, 0.3) is 0 Å². The Balaban J connectivity index is 2.66. The summed E-state index contributed by atoms with van der Waals surface area (Å²) in [6.45, 7) is 4.17. The third-order valence-electron chi connectivity index (χ3n) is 2.87. The van der Waals surface area contributed by atoms with Gasteiger partial charge in [0.05, 0.1) is 25.3 Å². The van der Waals surface area contributed by atoms with Gasteiger partial charge in [-0.2, -0.15) is 0 Å². The van der Waals surface area contributed by atoms with Crippen molar-refractivity contribution < 1.29 is 19.0 Å². The van der Waals surface area contributed by atoms with E-state index in [0.29, 0.717) is 30.9 Å². The summed E-state index contributed by atoms with van der Waals surface area (Å²) < 4.78 is 16.5. The highest BCUT2D eigenvalue weighted by molar-refractivity contribution is 9.10. The van der Waals surface area contributed by atoms with Crippen LogP contribution in [-0.2, 0) is 16.1 Å². The van der Waals surface area contributed by atoms with Crippen LogP contribution in [0.15, 0.2) is 16.6 Å². The van der Waals surface area contributed by atoms with Crippen molar-refractivity contribution in [1.82, 2.24) is 5.32 Å². The highest BCUT2D eigenvalue weighted by atomic mass is 79.9. The van der Waals surface area contributed by atoms with Crippen LogP contribution in [-0.4, -0.2) is 33.3 Å². The van der Waals surface area contributed by atoms with E-state index in [4.69, 9.17) is 9.47 Å². The summed E-state index contributed by atoms with van der Waals surface area (Å²) in [5.41, 5.74) is 1.11. The van der Waals surface area contributed by atoms with E-state index in [0.717, 1.165) is 23.1 Å². The van der Waals surface area contributed by atoms with E-state index < -0.39 is 0 Å². The van der Waals surface area contributed by atoms with E-state index in [-0.39, 0.29) is 5.97 Å². The highest BCUT2D eigenvalue weighted by Crippen LogP contribution is 2.36. The SMILES string of the molecule is CCNCc1cc(Br)c(OCCCC(=O)OC)c(OC)c1. The first-order valence-corrected chi connectivity index (χ1v) is 7.68. The number of ether oxygens (including phenoxy) is 3. The van der Waals surface area contributed by atoms with Crippen LogP contribution >= 0.6 is 15.9 Å². The van der Waals surface area contributed by atoms with Crippen molar-refractivity contribution in [2.24, 2.45) is 0 Å². The molecule has 0 saturated heterocycles. The van der Waals surface area contributed by atoms with Crippen molar-refractivity contribution in [1.29, 1.82) is 0 Å². The molecule has 0 unspecified atom stereocenters. The number of carbonyl (C=O) groups is 1. The van der Waals surface area contributed by atoms with Gasteiger partial charge in [-0.15, -0.1) is 0 Å². The maximum Gasteiger partial charge on any atom is 0.305 e. The van der Waals surface area contributed by atoms with Crippen molar-refractivity contribution in [3.63, 3.8) is 0 Å². The maximum atomic E-state index is 11.0. The summed E-state index contributed by atoms with van der Waals surface area (Å²) in [7, 11) is 2.99. The first-order valence-electron chi connectivity index (χ1n) is 6.89. The molecule has 1 aromatic carbocycles. The number of esters is 1. The lowest BCUT2D eigenvalue weighted by molar-refractivity contribution is -0.140. The van der Waals surface area contributed by atoms with Crippen molar-refractivity contribution in [3.05, 3.63) is 22.2 Å². The van der Waals surface area contributed by atoms with Crippen molar-refractivity contribution in [2.75, 3.05) is 27.4 Å². The smallest absolute Gasteiger partial charge is 0.305 e. The molecule has 21 heavy (non-hydrogen) atoms. The zero-order valence-corrected chi connectivity index (χ0v) is 14.3. The van der Waals surface area contributed by atoms with Gasteiger partial charge in [-0.1, -0.05) is 6.92 Å². The highest BCUT2D eigenvalue weighted by Gasteiger charge is 2.12. The monoisotopic (exact) mass is 359 g/mol. The van der Waals surface area contributed by atoms with Gasteiger partial charge in [-0.05, 0) is 46.6 Å². The Morgan fingerprint density at radius 1 is 1.33 bits per heavy atom. The number of methoxy groups -OCH3 is 2. The molecule has 0 aromatic heterocycles. The second kappa shape index (κ2) is 9.63. The van der Waals surface area contributed by atoms with E-state index in [2.05, 4.69) is 32.9 Å². The fraction of sp³-hybridized carbons (Fsp3) is 0.533. The Morgan fingerprint density at radius 2 is 2.10 bits per heavy atom. The number of hydrogen-bond donors (Lipinski definition) is 1. The predicted molar refractivity (Wildman–Crippen MR) is 84.8 cm³/mol. The van der Waals surface area contributed by atoms with Gasteiger partial charge in [0.1, 0.15) is 0 Å². The minimum absolute atomic E-state index is 0.231. The molecule has 0 saturated carbocycles. The lowest BCUT2D eigenvalue weighted by Gasteiger charge is -2.14. The second-order valence-corrected chi connectivity index (χ2v) is 5.27. The Labute approximate surface area is 134 Å². The molecule has 1 aromatic rings. The van der Waals surface area contributed by atoms with Gasteiger partial charge in [0, 0.05) is 13.0 Å². The molecule has 0 aliphatic heterocycles. The van der Waals surface area contributed by atoms with Gasteiger partial charge in [-0.25, -0.2) is 0 Å². The van der Waals surface area contributed by atoms with Gasteiger partial charge in [0.2, 0.25) is 0 Å². The molecule has 0 aliphatic rings. The predicted octanol–water partition coefficient (Wildman–Crippen LogP) is 2.90. The van der Waals surface area contributed by atoms with E-state index >= 15 is 0 Å². The molecule has 0 amide bonds. The Morgan fingerprint density at radius 3 is 2.71 bits per heavy atom. The normalized spacial score (nSPS) is 10.3. The summed E-state index contributed by atoms with van der Waals surface area (Å²) in [6.07, 6.45) is 0.941. The molecule has 0 heterocycles. The van der Waals surface area contributed by atoms with Crippen LogP contribution in [0.3, 0.4) is 0 Å². The van der Waals surface area contributed by atoms with Gasteiger partial charge in [-0.3, -0.25) is 4.79 Å².